The average Bonchev–Trinajstić information content (AvgIpc) is 2.89. The van der Waals surface area contributed by atoms with E-state index in [9.17, 15) is 29.3 Å². The quantitative estimate of drug-likeness (QED) is 0.540. The van der Waals surface area contributed by atoms with E-state index in [2.05, 4.69) is 0 Å². The SMILES string of the molecule is C[C@@H]1C[C@H]2[C@H]3CCC4=CC(=O)C=C[C@]4(C)[C@@]3(F)[C@@H](O)C[C@]2(C)[C@@]1(O)C(=O)COP(C)(=O)O. The Balaban J connectivity index is 1.74. The van der Waals surface area contributed by atoms with Crippen molar-refractivity contribution in [3.05, 3.63) is 23.8 Å². The maximum absolute atomic E-state index is 17.0. The molecule has 178 valence electrons. The lowest BCUT2D eigenvalue weighted by Gasteiger charge is -2.62. The molecule has 32 heavy (non-hydrogen) atoms. The van der Waals surface area contributed by atoms with Gasteiger partial charge in [-0.1, -0.05) is 25.5 Å². The Labute approximate surface area is 187 Å². The number of aliphatic hydroxyl groups is 2. The van der Waals surface area contributed by atoms with Gasteiger partial charge in [0.1, 0.15) is 12.2 Å². The fraction of sp³-hybridized carbons (Fsp3) is 0.739. The number of Topliss-reactive ketones (excluding diaryl/α,β-unsaturated/α-hetero) is 1. The van der Waals surface area contributed by atoms with Gasteiger partial charge in [0.25, 0.3) is 0 Å². The number of alkyl halides is 1. The largest absolute Gasteiger partial charge is 0.390 e. The first-order valence-corrected chi connectivity index (χ1v) is 13.2. The Morgan fingerprint density at radius 3 is 2.62 bits per heavy atom. The van der Waals surface area contributed by atoms with Gasteiger partial charge in [-0.05, 0) is 56.6 Å². The second kappa shape index (κ2) is 7.16. The third-order valence-electron chi connectivity index (χ3n) is 9.08. The molecule has 7 nitrogen and oxygen atoms in total. The molecule has 0 aromatic rings. The lowest BCUT2D eigenvalue weighted by molar-refractivity contribution is -0.219. The Bertz CT molecular complexity index is 971. The van der Waals surface area contributed by atoms with Gasteiger partial charge >= 0.3 is 7.60 Å². The monoisotopic (exact) mass is 470 g/mol. The molecule has 9 heteroatoms. The van der Waals surface area contributed by atoms with Gasteiger partial charge in [-0.3, -0.25) is 14.2 Å². The highest BCUT2D eigenvalue weighted by Crippen LogP contribution is 2.70. The van der Waals surface area contributed by atoms with Crippen LogP contribution in [0.2, 0.25) is 0 Å². The highest BCUT2D eigenvalue weighted by molar-refractivity contribution is 7.51. The minimum Gasteiger partial charge on any atom is -0.390 e. The minimum atomic E-state index is -3.93. The van der Waals surface area contributed by atoms with Crippen LogP contribution in [0.4, 0.5) is 4.39 Å². The molecule has 3 saturated carbocycles. The number of fused-ring (bicyclic) bond motifs is 5. The topological polar surface area (TPSA) is 121 Å². The van der Waals surface area contributed by atoms with E-state index >= 15 is 4.39 Å². The van der Waals surface area contributed by atoms with E-state index in [1.54, 1.807) is 26.8 Å². The van der Waals surface area contributed by atoms with Crippen molar-refractivity contribution >= 4 is 19.2 Å². The maximum atomic E-state index is 17.0. The van der Waals surface area contributed by atoms with E-state index in [-0.39, 0.29) is 12.2 Å². The van der Waals surface area contributed by atoms with Gasteiger partial charge in [-0.25, -0.2) is 4.39 Å². The summed E-state index contributed by atoms with van der Waals surface area (Å²) in [6, 6.07) is 0. The number of halogens is 1. The zero-order valence-electron chi connectivity index (χ0n) is 18.9. The summed E-state index contributed by atoms with van der Waals surface area (Å²) >= 11 is 0. The van der Waals surface area contributed by atoms with E-state index < -0.39 is 65.9 Å². The number of allylic oxidation sites excluding steroid dienone is 4. The van der Waals surface area contributed by atoms with Gasteiger partial charge in [0.15, 0.2) is 17.2 Å². The number of carbonyl (C=O) groups excluding carboxylic acids is 2. The standard InChI is InChI=1S/C23H32FO7P/c1-13-9-17-16-6-5-14-10-15(25)7-8-20(14,2)22(16,24)18(26)11-21(17,3)23(13,28)19(27)12-31-32(4,29)30/h7-8,10,13,16-18,26,28H,5-6,9,11-12H2,1-4H3,(H,29,30)/t13-,16-,17+,18+,20+,21+,22+,23+/m1/s1. The molecule has 4 rings (SSSR count). The van der Waals surface area contributed by atoms with Crippen LogP contribution in [0, 0.1) is 28.6 Å². The summed E-state index contributed by atoms with van der Waals surface area (Å²) in [7, 11) is -3.93. The summed E-state index contributed by atoms with van der Waals surface area (Å²) < 4.78 is 33.4. The minimum absolute atomic E-state index is 0.148. The van der Waals surface area contributed by atoms with Crippen molar-refractivity contribution in [2.45, 2.75) is 63.8 Å². The zero-order chi connectivity index (χ0) is 23.9. The van der Waals surface area contributed by atoms with Gasteiger partial charge in [-0.2, -0.15) is 0 Å². The second-order valence-electron chi connectivity index (χ2n) is 10.7. The van der Waals surface area contributed by atoms with Crippen LogP contribution in [0.5, 0.6) is 0 Å². The van der Waals surface area contributed by atoms with Crippen LogP contribution < -0.4 is 0 Å². The van der Waals surface area contributed by atoms with Gasteiger partial charge in [0.2, 0.25) is 0 Å². The Morgan fingerprint density at radius 1 is 1.34 bits per heavy atom. The van der Waals surface area contributed by atoms with Gasteiger partial charge in [0, 0.05) is 23.4 Å². The predicted molar refractivity (Wildman–Crippen MR) is 115 cm³/mol. The summed E-state index contributed by atoms with van der Waals surface area (Å²) in [6.45, 7) is 5.37. The molecule has 9 atom stereocenters. The van der Waals surface area contributed by atoms with Crippen molar-refractivity contribution in [2.75, 3.05) is 13.3 Å². The van der Waals surface area contributed by atoms with Crippen LogP contribution in [-0.4, -0.2) is 57.3 Å². The van der Waals surface area contributed by atoms with Crippen LogP contribution in [0.3, 0.4) is 0 Å². The molecule has 0 aliphatic heterocycles. The Morgan fingerprint density at radius 2 is 2.00 bits per heavy atom. The van der Waals surface area contributed by atoms with Crippen LogP contribution in [0.1, 0.15) is 46.5 Å². The molecule has 0 radical (unpaired) electrons. The lowest BCUT2D eigenvalue weighted by atomic mass is 9.44. The van der Waals surface area contributed by atoms with E-state index in [0.717, 1.165) is 6.66 Å². The summed E-state index contributed by atoms with van der Waals surface area (Å²) in [5.41, 5.74) is -5.59. The first kappa shape index (κ1) is 24.0. The van der Waals surface area contributed by atoms with E-state index in [1.165, 1.54) is 12.2 Å². The fourth-order valence-electron chi connectivity index (χ4n) is 7.43. The summed E-state index contributed by atoms with van der Waals surface area (Å²) in [5, 5.41) is 22.9. The van der Waals surface area contributed by atoms with Crippen LogP contribution in [0.25, 0.3) is 0 Å². The summed E-state index contributed by atoms with van der Waals surface area (Å²) in [6.07, 6.45) is 4.02. The van der Waals surface area contributed by atoms with Gasteiger partial charge in [-0.15, -0.1) is 0 Å². The van der Waals surface area contributed by atoms with Crippen molar-refractivity contribution in [1.29, 1.82) is 0 Å². The first-order valence-electron chi connectivity index (χ1n) is 11.1. The van der Waals surface area contributed by atoms with E-state index in [4.69, 9.17) is 4.52 Å². The molecule has 3 N–H and O–H groups in total. The lowest BCUT2D eigenvalue weighted by Crippen LogP contribution is -2.69. The van der Waals surface area contributed by atoms with Crippen molar-refractivity contribution in [2.24, 2.45) is 28.6 Å². The highest BCUT2D eigenvalue weighted by atomic mass is 31.2. The molecule has 0 heterocycles. The zero-order valence-corrected chi connectivity index (χ0v) is 19.8. The van der Waals surface area contributed by atoms with Crippen LogP contribution in [0.15, 0.2) is 23.8 Å². The normalized spacial score (nSPS) is 49.5. The molecule has 0 bridgehead atoms. The molecule has 0 aromatic carbocycles. The van der Waals surface area contributed by atoms with Crippen LogP contribution in [-0.2, 0) is 18.7 Å². The van der Waals surface area contributed by atoms with Crippen molar-refractivity contribution in [3.8, 4) is 0 Å². The molecule has 1 unspecified atom stereocenters. The average molecular weight is 470 g/mol. The van der Waals surface area contributed by atoms with Gasteiger partial charge < -0.3 is 19.6 Å². The van der Waals surface area contributed by atoms with E-state index in [1.807, 2.05) is 0 Å². The molecule has 4 aliphatic carbocycles. The number of hydrogen-bond donors (Lipinski definition) is 3. The number of aliphatic hydroxyl groups excluding tert-OH is 1. The van der Waals surface area contributed by atoms with Gasteiger partial charge in [0.05, 0.1) is 6.10 Å². The first-order chi connectivity index (χ1) is 14.6. The van der Waals surface area contributed by atoms with Crippen molar-refractivity contribution in [3.63, 3.8) is 0 Å². The molecule has 4 aliphatic rings. The third-order valence-corrected chi connectivity index (χ3v) is 9.69. The molecule has 3 fully saturated rings. The molecule has 0 amide bonds. The number of carbonyl (C=O) groups is 2. The Kier molecular flexibility index (Phi) is 5.36. The number of rotatable bonds is 4. The molecular formula is C23H32FO7P. The smallest absolute Gasteiger partial charge is 0.325 e. The second-order valence-corrected chi connectivity index (χ2v) is 12.5. The summed E-state index contributed by atoms with van der Waals surface area (Å²) in [4.78, 5) is 34.4. The van der Waals surface area contributed by atoms with Crippen molar-refractivity contribution < 1.29 is 38.2 Å². The maximum Gasteiger partial charge on any atom is 0.325 e. The Hall–Kier alpha value is -1.18. The molecule has 0 spiro atoms. The third kappa shape index (κ3) is 2.96. The fourth-order valence-corrected chi connectivity index (χ4v) is 7.79. The van der Waals surface area contributed by atoms with Crippen molar-refractivity contribution in [1.82, 2.24) is 0 Å². The predicted octanol–water partition coefficient (Wildman–Crippen LogP) is 2.74. The summed E-state index contributed by atoms with van der Waals surface area (Å²) in [5.74, 6) is -2.49. The highest BCUT2D eigenvalue weighted by Gasteiger charge is 2.75. The van der Waals surface area contributed by atoms with Crippen LogP contribution >= 0.6 is 7.60 Å². The molecule has 0 aromatic heterocycles. The number of ketones is 2. The molecular weight excluding hydrogens is 438 g/mol. The van der Waals surface area contributed by atoms with E-state index in [0.29, 0.717) is 24.8 Å². The molecule has 0 saturated heterocycles. The number of hydrogen-bond acceptors (Lipinski definition) is 6.